The smallest absolute Gasteiger partial charge is 0.263 e. The number of benzene rings is 1. The Bertz CT molecular complexity index is 1000. The number of rotatable bonds is 5. The van der Waals surface area contributed by atoms with Crippen LogP contribution in [-0.4, -0.2) is 53.3 Å². The summed E-state index contributed by atoms with van der Waals surface area (Å²) in [6.07, 6.45) is 1.05. The molecule has 0 radical (unpaired) electrons. The minimum Gasteiger partial charge on any atom is -0.481 e. The van der Waals surface area contributed by atoms with Gasteiger partial charge in [-0.1, -0.05) is 11.6 Å². The quantitative estimate of drug-likeness (QED) is 0.617. The largest absolute Gasteiger partial charge is 0.481 e. The predicted molar refractivity (Wildman–Crippen MR) is 115 cm³/mol. The Hall–Kier alpha value is -3.06. The zero-order valence-electron chi connectivity index (χ0n) is 16.9. The van der Waals surface area contributed by atoms with Crippen molar-refractivity contribution in [1.82, 2.24) is 15.1 Å². The number of aromatic nitrogens is 2. The Morgan fingerprint density at radius 2 is 1.93 bits per heavy atom. The van der Waals surface area contributed by atoms with Gasteiger partial charge in [0.1, 0.15) is 11.4 Å². The number of halogens is 1. The van der Waals surface area contributed by atoms with Gasteiger partial charge in [-0.3, -0.25) is 4.79 Å². The highest BCUT2D eigenvalue weighted by Crippen LogP contribution is 2.23. The number of hydrogen-bond acceptors (Lipinski definition) is 6. The van der Waals surface area contributed by atoms with Gasteiger partial charge >= 0.3 is 0 Å². The fourth-order valence-corrected chi connectivity index (χ4v) is 3.53. The summed E-state index contributed by atoms with van der Waals surface area (Å²) in [7, 11) is 0. The molecule has 1 amide bonds. The van der Waals surface area contributed by atoms with E-state index in [9.17, 15) is 4.79 Å². The first kappa shape index (κ1) is 20.2. The number of ether oxygens (including phenoxy) is 1. The van der Waals surface area contributed by atoms with Crippen LogP contribution in [-0.2, 0) is 4.79 Å². The van der Waals surface area contributed by atoms with E-state index in [1.165, 1.54) is 0 Å². The van der Waals surface area contributed by atoms with Crippen LogP contribution in [0.15, 0.2) is 53.1 Å². The van der Waals surface area contributed by atoms with Crippen molar-refractivity contribution < 1.29 is 13.9 Å². The summed E-state index contributed by atoms with van der Waals surface area (Å²) in [6, 6.07) is 12.9. The molecule has 4 rings (SSSR count). The van der Waals surface area contributed by atoms with Gasteiger partial charge in [-0.05, 0) is 61.9 Å². The molecule has 1 aliphatic rings. The fraction of sp³-hybridized carbons (Fsp3) is 0.318. The van der Waals surface area contributed by atoms with Gasteiger partial charge in [0.2, 0.25) is 0 Å². The van der Waals surface area contributed by atoms with E-state index in [0.717, 1.165) is 11.4 Å². The topological polar surface area (TPSA) is 71.7 Å². The average molecular weight is 427 g/mol. The van der Waals surface area contributed by atoms with Gasteiger partial charge in [0.05, 0.1) is 6.26 Å². The van der Waals surface area contributed by atoms with Crippen LogP contribution in [0.2, 0.25) is 5.02 Å². The van der Waals surface area contributed by atoms with Crippen LogP contribution in [0.3, 0.4) is 0 Å². The summed E-state index contributed by atoms with van der Waals surface area (Å²) in [5.74, 6) is 2.09. The molecule has 1 atom stereocenters. The first-order chi connectivity index (χ1) is 14.5. The van der Waals surface area contributed by atoms with Gasteiger partial charge in [-0.2, -0.15) is 0 Å². The third kappa shape index (κ3) is 4.41. The highest BCUT2D eigenvalue weighted by molar-refractivity contribution is 6.31. The molecule has 0 bridgehead atoms. The number of amides is 1. The molecule has 1 fully saturated rings. The van der Waals surface area contributed by atoms with Gasteiger partial charge in [-0.15, -0.1) is 10.2 Å². The number of anilines is 1. The molecular formula is C22H23ClN4O3. The number of nitrogens with zero attached hydrogens (tertiary/aromatic N) is 4. The molecule has 3 heterocycles. The molecule has 8 heteroatoms. The number of aryl methyl sites for hydroxylation is 1. The number of hydrogen-bond donors (Lipinski definition) is 0. The van der Waals surface area contributed by atoms with Crippen LogP contribution >= 0.6 is 11.6 Å². The Balaban J connectivity index is 1.32. The Labute approximate surface area is 180 Å². The molecule has 156 valence electrons. The molecule has 1 aliphatic heterocycles. The van der Waals surface area contributed by atoms with Crippen LogP contribution in [0.4, 0.5) is 5.82 Å². The molecule has 1 unspecified atom stereocenters. The van der Waals surface area contributed by atoms with Gasteiger partial charge in [0.15, 0.2) is 17.7 Å². The molecule has 3 aromatic rings. The maximum atomic E-state index is 12.8. The highest BCUT2D eigenvalue weighted by atomic mass is 35.5. The molecule has 0 saturated carbocycles. The van der Waals surface area contributed by atoms with E-state index in [-0.39, 0.29) is 5.91 Å². The maximum absolute atomic E-state index is 12.8. The first-order valence-corrected chi connectivity index (χ1v) is 10.2. The standard InChI is InChI=1S/C22H23ClN4O3/c1-15-14-17(5-6-18(15)23)30-16(2)22(28)27-11-9-26(10-12-27)21-8-7-19(24-25-21)20-4-3-13-29-20/h3-8,13-14,16H,9-12H2,1-2H3. The second-order valence-corrected chi connectivity index (χ2v) is 7.64. The molecule has 7 nitrogen and oxygen atoms in total. The normalized spacial score (nSPS) is 15.2. The summed E-state index contributed by atoms with van der Waals surface area (Å²) in [5.41, 5.74) is 1.61. The van der Waals surface area contributed by atoms with Crippen molar-refractivity contribution in [2.24, 2.45) is 0 Å². The monoisotopic (exact) mass is 426 g/mol. The summed E-state index contributed by atoms with van der Waals surface area (Å²) < 4.78 is 11.2. The number of carbonyl (C=O) groups is 1. The van der Waals surface area contributed by atoms with E-state index in [4.69, 9.17) is 20.8 Å². The van der Waals surface area contributed by atoms with Crippen LogP contribution in [0.1, 0.15) is 12.5 Å². The summed E-state index contributed by atoms with van der Waals surface area (Å²) in [4.78, 5) is 16.7. The predicted octanol–water partition coefficient (Wildman–Crippen LogP) is 3.81. The molecule has 0 aliphatic carbocycles. The zero-order chi connectivity index (χ0) is 21.1. The van der Waals surface area contributed by atoms with E-state index >= 15 is 0 Å². The van der Waals surface area contributed by atoms with Gasteiger partial charge in [0, 0.05) is 31.2 Å². The molecule has 0 N–H and O–H groups in total. The van der Waals surface area contributed by atoms with Gasteiger partial charge < -0.3 is 19.0 Å². The van der Waals surface area contributed by atoms with E-state index in [1.807, 2.05) is 42.2 Å². The number of piperazine rings is 1. The van der Waals surface area contributed by atoms with E-state index in [2.05, 4.69) is 15.1 Å². The molecule has 1 aromatic carbocycles. The minimum absolute atomic E-state index is 0.0264. The Kier molecular flexibility index (Phi) is 5.90. The second-order valence-electron chi connectivity index (χ2n) is 7.24. The lowest BCUT2D eigenvalue weighted by atomic mass is 10.2. The van der Waals surface area contributed by atoms with Crippen LogP contribution < -0.4 is 9.64 Å². The SMILES string of the molecule is Cc1cc(OC(C)C(=O)N2CCN(c3ccc(-c4ccco4)nn3)CC2)ccc1Cl. The lowest BCUT2D eigenvalue weighted by Gasteiger charge is -2.36. The van der Waals surface area contributed by atoms with Crippen molar-refractivity contribution in [3.05, 3.63) is 59.3 Å². The van der Waals surface area contributed by atoms with Gasteiger partial charge in [-0.25, -0.2) is 0 Å². The van der Waals surface area contributed by atoms with Crippen molar-refractivity contribution in [2.75, 3.05) is 31.1 Å². The van der Waals surface area contributed by atoms with Crippen molar-refractivity contribution >= 4 is 23.3 Å². The van der Waals surface area contributed by atoms with E-state index < -0.39 is 6.10 Å². The average Bonchev–Trinajstić information content (AvgIpc) is 3.31. The van der Waals surface area contributed by atoms with E-state index in [1.54, 1.807) is 25.3 Å². The number of carbonyl (C=O) groups excluding carboxylic acids is 1. The molecular weight excluding hydrogens is 404 g/mol. The van der Waals surface area contributed by atoms with Crippen molar-refractivity contribution in [3.8, 4) is 17.2 Å². The molecule has 30 heavy (non-hydrogen) atoms. The van der Waals surface area contributed by atoms with Crippen molar-refractivity contribution in [1.29, 1.82) is 0 Å². The van der Waals surface area contributed by atoms with Crippen LogP contribution in [0, 0.1) is 6.92 Å². The lowest BCUT2D eigenvalue weighted by molar-refractivity contribution is -0.138. The molecule has 2 aromatic heterocycles. The third-order valence-electron chi connectivity index (χ3n) is 5.13. The zero-order valence-corrected chi connectivity index (χ0v) is 17.7. The van der Waals surface area contributed by atoms with Crippen molar-refractivity contribution in [2.45, 2.75) is 20.0 Å². The molecule has 1 saturated heterocycles. The van der Waals surface area contributed by atoms with Crippen LogP contribution in [0.25, 0.3) is 11.5 Å². The second kappa shape index (κ2) is 8.75. The lowest BCUT2D eigenvalue weighted by Crippen LogP contribution is -2.52. The third-order valence-corrected chi connectivity index (χ3v) is 5.55. The Morgan fingerprint density at radius 3 is 2.57 bits per heavy atom. The summed E-state index contributed by atoms with van der Waals surface area (Å²) in [6.45, 7) is 6.27. The van der Waals surface area contributed by atoms with Crippen molar-refractivity contribution in [3.63, 3.8) is 0 Å². The first-order valence-electron chi connectivity index (χ1n) is 9.85. The highest BCUT2D eigenvalue weighted by Gasteiger charge is 2.26. The fourth-order valence-electron chi connectivity index (χ4n) is 3.41. The molecule has 0 spiro atoms. The summed E-state index contributed by atoms with van der Waals surface area (Å²) in [5, 5.41) is 9.23. The maximum Gasteiger partial charge on any atom is 0.263 e. The van der Waals surface area contributed by atoms with Gasteiger partial charge in [0.25, 0.3) is 5.91 Å². The summed E-state index contributed by atoms with van der Waals surface area (Å²) >= 11 is 6.05. The Morgan fingerprint density at radius 1 is 1.13 bits per heavy atom. The number of furan rings is 1. The minimum atomic E-state index is -0.565. The van der Waals surface area contributed by atoms with Crippen LogP contribution in [0.5, 0.6) is 5.75 Å². The van der Waals surface area contributed by atoms with E-state index in [0.29, 0.717) is 48.4 Å².